The highest BCUT2D eigenvalue weighted by atomic mass is 19.1. The first-order chi connectivity index (χ1) is 16.8. The number of fused-ring (bicyclic) bond motifs is 1. The van der Waals surface area contributed by atoms with Crippen LogP contribution >= 0.6 is 0 Å². The molecule has 9 heteroatoms. The topological polar surface area (TPSA) is 82.2 Å². The van der Waals surface area contributed by atoms with Crippen LogP contribution in [0.4, 0.5) is 10.1 Å². The molecule has 0 radical (unpaired) electrons. The van der Waals surface area contributed by atoms with Crippen LogP contribution in [0.1, 0.15) is 39.9 Å². The molecule has 2 fully saturated rings. The van der Waals surface area contributed by atoms with Crippen LogP contribution in [-0.2, 0) is 22.7 Å². The lowest BCUT2D eigenvalue weighted by Crippen LogP contribution is -2.52. The second-order valence-electron chi connectivity index (χ2n) is 9.44. The van der Waals surface area contributed by atoms with Crippen LogP contribution in [0.15, 0.2) is 30.3 Å². The SMILES string of the molecule is COc1cc(C)ccc1CN1CCN(c2cc3c(cc2F)C(=O)N(C2CCC(=O)NC2=O)C3)CC1. The Bertz CT molecular complexity index is 1190. The number of carbonyl (C=O) groups is 3. The summed E-state index contributed by atoms with van der Waals surface area (Å²) in [5, 5.41) is 2.29. The number of methoxy groups -OCH3 is 1. The maximum Gasteiger partial charge on any atom is 0.255 e. The van der Waals surface area contributed by atoms with E-state index >= 15 is 4.39 Å². The third kappa shape index (κ3) is 4.48. The van der Waals surface area contributed by atoms with Crippen LogP contribution < -0.4 is 15.0 Å². The number of rotatable bonds is 5. The molecule has 1 N–H and O–H groups in total. The quantitative estimate of drug-likeness (QED) is 0.661. The number of halogens is 1. The number of amides is 3. The molecule has 35 heavy (non-hydrogen) atoms. The Morgan fingerprint density at radius 1 is 1.09 bits per heavy atom. The number of piperidine rings is 1. The number of hydrogen-bond donors (Lipinski definition) is 1. The summed E-state index contributed by atoms with van der Waals surface area (Å²) in [5.41, 5.74) is 3.76. The molecule has 1 atom stereocenters. The molecule has 2 saturated heterocycles. The van der Waals surface area contributed by atoms with Crippen molar-refractivity contribution in [3.05, 3.63) is 58.4 Å². The van der Waals surface area contributed by atoms with Crippen LogP contribution in [0.5, 0.6) is 5.75 Å². The highest BCUT2D eigenvalue weighted by molar-refractivity contribution is 6.05. The Morgan fingerprint density at radius 2 is 1.86 bits per heavy atom. The van der Waals surface area contributed by atoms with Gasteiger partial charge in [0, 0.05) is 56.8 Å². The number of imide groups is 1. The molecule has 2 aromatic rings. The molecule has 0 spiro atoms. The summed E-state index contributed by atoms with van der Waals surface area (Å²) >= 11 is 0. The van der Waals surface area contributed by atoms with Crippen molar-refractivity contribution in [2.45, 2.75) is 38.9 Å². The van der Waals surface area contributed by atoms with Crippen molar-refractivity contribution < 1.29 is 23.5 Å². The van der Waals surface area contributed by atoms with Crippen molar-refractivity contribution in [3.8, 4) is 5.75 Å². The number of aryl methyl sites for hydroxylation is 1. The summed E-state index contributed by atoms with van der Waals surface area (Å²) in [4.78, 5) is 42.4. The Kier molecular flexibility index (Phi) is 6.19. The third-order valence-corrected chi connectivity index (χ3v) is 7.14. The molecule has 3 amide bonds. The molecular formula is C26H29FN4O4. The van der Waals surface area contributed by atoms with Gasteiger partial charge in [0.05, 0.1) is 12.8 Å². The van der Waals surface area contributed by atoms with Gasteiger partial charge in [-0.15, -0.1) is 0 Å². The van der Waals surface area contributed by atoms with Gasteiger partial charge in [-0.05, 0) is 42.7 Å². The Balaban J connectivity index is 1.26. The minimum atomic E-state index is -0.707. The van der Waals surface area contributed by atoms with Gasteiger partial charge >= 0.3 is 0 Å². The zero-order valence-corrected chi connectivity index (χ0v) is 20.0. The van der Waals surface area contributed by atoms with Crippen molar-refractivity contribution in [1.82, 2.24) is 15.1 Å². The van der Waals surface area contributed by atoms with Crippen molar-refractivity contribution >= 4 is 23.4 Å². The number of piperazine rings is 1. The van der Waals surface area contributed by atoms with E-state index in [2.05, 4.69) is 22.3 Å². The van der Waals surface area contributed by atoms with Gasteiger partial charge in [-0.25, -0.2) is 4.39 Å². The molecule has 0 bridgehead atoms. The van der Waals surface area contributed by atoms with E-state index in [1.54, 1.807) is 13.2 Å². The van der Waals surface area contributed by atoms with Gasteiger partial charge in [0.25, 0.3) is 5.91 Å². The summed E-state index contributed by atoms with van der Waals surface area (Å²) < 4.78 is 20.6. The third-order valence-electron chi connectivity index (χ3n) is 7.14. The number of carbonyl (C=O) groups excluding carboxylic acids is 3. The summed E-state index contributed by atoms with van der Waals surface area (Å²) in [7, 11) is 1.68. The van der Waals surface area contributed by atoms with Crippen LogP contribution in [0.2, 0.25) is 0 Å². The van der Waals surface area contributed by atoms with Crippen molar-refractivity contribution in [1.29, 1.82) is 0 Å². The normalized spacial score (nSPS) is 20.8. The fraction of sp³-hybridized carbons (Fsp3) is 0.423. The van der Waals surface area contributed by atoms with Gasteiger partial charge in [-0.1, -0.05) is 12.1 Å². The molecule has 5 rings (SSSR count). The molecule has 3 aliphatic heterocycles. The summed E-state index contributed by atoms with van der Waals surface area (Å²) in [6.07, 6.45) is 0.475. The molecule has 2 aromatic carbocycles. The maximum absolute atomic E-state index is 15.1. The number of hydrogen-bond acceptors (Lipinski definition) is 6. The van der Waals surface area contributed by atoms with Crippen LogP contribution in [0.3, 0.4) is 0 Å². The number of benzene rings is 2. The minimum Gasteiger partial charge on any atom is -0.496 e. The minimum absolute atomic E-state index is 0.189. The van der Waals surface area contributed by atoms with Gasteiger partial charge in [0.2, 0.25) is 11.8 Å². The van der Waals surface area contributed by atoms with E-state index in [1.807, 2.05) is 17.9 Å². The Morgan fingerprint density at radius 3 is 2.57 bits per heavy atom. The van der Waals surface area contributed by atoms with Crippen molar-refractivity contribution in [3.63, 3.8) is 0 Å². The maximum atomic E-state index is 15.1. The van der Waals surface area contributed by atoms with Gasteiger partial charge < -0.3 is 14.5 Å². The second kappa shape index (κ2) is 9.30. The van der Waals surface area contributed by atoms with Gasteiger partial charge in [-0.2, -0.15) is 0 Å². The predicted octanol–water partition coefficient (Wildman–Crippen LogP) is 2.23. The second-order valence-corrected chi connectivity index (χ2v) is 9.44. The van der Waals surface area contributed by atoms with Crippen molar-refractivity contribution in [2.75, 3.05) is 38.2 Å². The number of anilines is 1. The monoisotopic (exact) mass is 480 g/mol. The van der Waals surface area contributed by atoms with Crippen LogP contribution in [0.25, 0.3) is 0 Å². The summed E-state index contributed by atoms with van der Waals surface area (Å²) in [5.74, 6) is -0.719. The summed E-state index contributed by atoms with van der Waals surface area (Å²) in [6.45, 7) is 5.90. The highest BCUT2D eigenvalue weighted by Gasteiger charge is 2.40. The number of ether oxygens (including phenoxy) is 1. The van der Waals surface area contributed by atoms with E-state index in [4.69, 9.17) is 4.74 Å². The van der Waals surface area contributed by atoms with Crippen LogP contribution in [-0.4, -0.2) is 66.9 Å². The largest absolute Gasteiger partial charge is 0.496 e. The molecular weight excluding hydrogens is 451 g/mol. The molecule has 3 aliphatic rings. The van der Waals surface area contributed by atoms with E-state index < -0.39 is 17.8 Å². The molecule has 184 valence electrons. The van der Waals surface area contributed by atoms with E-state index in [0.29, 0.717) is 29.9 Å². The molecule has 3 heterocycles. The van der Waals surface area contributed by atoms with Gasteiger partial charge in [0.15, 0.2) is 0 Å². The van der Waals surface area contributed by atoms with E-state index in [-0.39, 0.29) is 31.2 Å². The average molecular weight is 481 g/mol. The lowest BCUT2D eigenvalue weighted by molar-refractivity contribution is -0.136. The van der Waals surface area contributed by atoms with E-state index in [9.17, 15) is 14.4 Å². The van der Waals surface area contributed by atoms with Crippen molar-refractivity contribution in [2.24, 2.45) is 0 Å². The fourth-order valence-electron chi connectivity index (χ4n) is 5.19. The zero-order valence-electron chi connectivity index (χ0n) is 20.0. The molecule has 0 aliphatic carbocycles. The van der Waals surface area contributed by atoms with E-state index in [1.165, 1.54) is 11.0 Å². The molecule has 1 unspecified atom stereocenters. The lowest BCUT2D eigenvalue weighted by Gasteiger charge is -2.36. The highest BCUT2D eigenvalue weighted by Crippen LogP contribution is 2.33. The smallest absolute Gasteiger partial charge is 0.255 e. The van der Waals surface area contributed by atoms with Crippen LogP contribution in [0, 0.1) is 12.7 Å². The Labute approximate surface area is 203 Å². The lowest BCUT2D eigenvalue weighted by atomic mass is 10.0. The summed E-state index contributed by atoms with van der Waals surface area (Å²) in [6, 6.07) is 8.53. The standard InChI is InChI=1S/C26H29FN4O4/c1-16-3-4-17(23(11-16)35-2)14-29-7-9-30(10-8-29)22-12-18-15-31(26(34)19(18)13-20(22)27)21-5-6-24(32)28-25(21)33/h3-4,11-13,21H,5-10,14-15H2,1-2H3,(H,28,32,33). The first kappa shape index (κ1) is 23.3. The van der Waals surface area contributed by atoms with Gasteiger partial charge in [-0.3, -0.25) is 24.6 Å². The molecule has 8 nitrogen and oxygen atoms in total. The molecule has 0 saturated carbocycles. The zero-order chi connectivity index (χ0) is 24.7. The van der Waals surface area contributed by atoms with E-state index in [0.717, 1.165) is 36.5 Å². The number of nitrogens with zero attached hydrogens (tertiary/aromatic N) is 3. The average Bonchev–Trinajstić information content (AvgIpc) is 3.15. The molecule has 0 aromatic heterocycles. The number of nitrogens with one attached hydrogen (secondary N) is 1. The fourth-order valence-corrected chi connectivity index (χ4v) is 5.19. The first-order valence-electron chi connectivity index (χ1n) is 11.9. The predicted molar refractivity (Wildman–Crippen MR) is 128 cm³/mol. The first-order valence-corrected chi connectivity index (χ1v) is 11.9. The van der Waals surface area contributed by atoms with Gasteiger partial charge in [0.1, 0.15) is 17.6 Å². The Hall–Kier alpha value is -3.46.